The molecule has 1 aromatic carbocycles. The highest BCUT2D eigenvalue weighted by Crippen LogP contribution is 2.15. The van der Waals surface area contributed by atoms with Crippen LogP contribution >= 0.6 is 11.3 Å². The molecule has 0 aliphatic rings. The van der Waals surface area contributed by atoms with Gasteiger partial charge in [0.1, 0.15) is 0 Å². The van der Waals surface area contributed by atoms with E-state index in [9.17, 15) is 4.79 Å². The molecule has 0 aliphatic heterocycles. The summed E-state index contributed by atoms with van der Waals surface area (Å²) in [7, 11) is 0. The summed E-state index contributed by atoms with van der Waals surface area (Å²) in [6.07, 6.45) is 0.448. The molecule has 0 atom stereocenters. The Kier molecular flexibility index (Phi) is 4.73. The first-order valence-electron chi connectivity index (χ1n) is 5.84. The lowest BCUT2D eigenvalue weighted by Gasteiger charge is -2.02. The standard InChI is InChI=1S/C15H13NO2S/c17-9-5-4-8-14-10-12(11-19-14)15(18)16-13-6-2-1-3-7-13/h1-3,6-7,10-11,17H,5,9H2,(H,16,18). The third kappa shape index (κ3) is 3.95. The molecule has 0 saturated carbocycles. The minimum absolute atomic E-state index is 0.0553. The van der Waals surface area contributed by atoms with E-state index in [4.69, 9.17) is 5.11 Å². The van der Waals surface area contributed by atoms with Crippen molar-refractivity contribution in [1.29, 1.82) is 0 Å². The lowest BCUT2D eigenvalue weighted by atomic mass is 10.2. The second-order valence-electron chi connectivity index (χ2n) is 3.80. The van der Waals surface area contributed by atoms with E-state index in [0.717, 1.165) is 10.6 Å². The number of carbonyl (C=O) groups excluding carboxylic acids is 1. The quantitative estimate of drug-likeness (QED) is 0.843. The molecule has 0 bridgehead atoms. The first-order chi connectivity index (χ1) is 9.29. The van der Waals surface area contributed by atoms with E-state index in [-0.39, 0.29) is 12.5 Å². The van der Waals surface area contributed by atoms with Crippen molar-refractivity contribution in [3.63, 3.8) is 0 Å². The van der Waals surface area contributed by atoms with Crippen LogP contribution in [0.5, 0.6) is 0 Å². The van der Waals surface area contributed by atoms with Gasteiger partial charge in [-0.3, -0.25) is 4.79 Å². The van der Waals surface area contributed by atoms with Crippen molar-refractivity contribution in [3.05, 3.63) is 52.2 Å². The molecular formula is C15H13NO2S. The summed E-state index contributed by atoms with van der Waals surface area (Å²) in [4.78, 5) is 12.8. The first kappa shape index (κ1) is 13.3. The topological polar surface area (TPSA) is 49.3 Å². The Balaban J connectivity index is 2.03. The second-order valence-corrected chi connectivity index (χ2v) is 4.71. The van der Waals surface area contributed by atoms with Gasteiger partial charge >= 0.3 is 0 Å². The molecule has 2 rings (SSSR count). The smallest absolute Gasteiger partial charge is 0.256 e. The van der Waals surface area contributed by atoms with Gasteiger partial charge in [0, 0.05) is 17.5 Å². The third-order valence-corrected chi connectivity index (χ3v) is 3.19. The van der Waals surface area contributed by atoms with Crippen LogP contribution in [0, 0.1) is 11.8 Å². The molecule has 0 saturated heterocycles. The summed E-state index contributed by atoms with van der Waals surface area (Å²) >= 11 is 1.42. The highest BCUT2D eigenvalue weighted by Gasteiger charge is 2.07. The fraction of sp³-hybridized carbons (Fsp3) is 0.133. The zero-order valence-corrected chi connectivity index (χ0v) is 11.0. The van der Waals surface area contributed by atoms with Gasteiger partial charge in [0.2, 0.25) is 0 Å². The van der Waals surface area contributed by atoms with Gasteiger partial charge in [-0.15, -0.1) is 11.3 Å². The summed E-state index contributed by atoms with van der Waals surface area (Å²) in [5, 5.41) is 13.2. The summed E-state index contributed by atoms with van der Waals surface area (Å²) in [6.45, 7) is 0.0553. The van der Waals surface area contributed by atoms with Crippen LogP contribution in [0.4, 0.5) is 5.69 Å². The molecule has 96 valence electrons. The van der Waals surface area contributed by atoms with Gasteiger partial charge in [-0.2, -0.15) is 0 Å². The number of para-hydroxylation sites is 1. The van der Waals surface area contributed by atoms with E-state index < -0.39 is 0 Å². The number of thiophene rings is 1. The highest BCUT2D eigenvalue weighted by atomic mass is 32.1. The number of aliphatic hydroxyl groups excluding tert-OH is 1. The molecule has 0 radical (unpaired) electrons. The number of hydrogen-bond acceptors (Lipinski definition) is 3. The van der Waals surface area contributed by atoms with Crippen LogP contribution in [0.2, 0.25) is 0 Å². The molecule has 1 heterocycles. The van der Waals surface area contributed by atoms with Crippen LogP contribution < -0.4 is 5.32 Å². The van der Waals surface area contributed by atoms with E-state index >= 15 is 0 Å². The normalized spacial score (nSPS) is 9.53. The molecular weight excluding hydrogens is 258 g/mol. The minimum atomic E-state index is -0.141. The van der Waals surface area contributed by atoms with Crippen molar-refractivity contribution in [3.8, 4) is 11.8 Å². The largest absolute Gasteiger partial charge is 0.395 e. The fourth-order valence-corrected chi connectivity index (χ4v) is 2.21. The van der Waals surface area contributed by atoms with Gasteiger partial charge < -0.3 is 10.4 Å². The molecule has 1 amide bonds. The molecule has 19 heavy (non-hydrogen) atoms. The van der Waals surface area contributed by atoms with Crippen molar-refractivity contribution in [1.82, 2.24) is 0 Å². The minimum Gasteiger partial charge on any atom is -0.395 e. The third-order valence-electron chi connectivity index (χ3n) is 2.34. The lowest BCUT2D eigenvalue weighted by Crippen LogP contribution is -2.10. The number of amides is 1. The van der Waals surface area contributed by atoms with E-state index in [2.05, 4.69) is 17.2 Å². The Morgan fingerprint density at radius 2 is 2.11 bits per heavy atom. The van der Waals surface area contributed by atoms with E-state index in [1.807, 2.05) is 30.3 Å². The maximum atomic E-state index is 12.0. The molecule has 2 aromatic rings. The Morgan fingerprint density at radius 1 is 1.32 bits per heavy atom. The van der Waals surface area contributed by atoms with Gasteiger partial charge in [0.25, 0.3) is 5.91 Å². The monoisotopic (exact) mass is 271 g/mol. The van der Waals surface area contributed by atoms with Crippen molar-refractivity contribution in [2.45, 2.75) is 6.42 Å². The zero-order valence-electron chi connectivity index (χ0n) is 10.2. The second kappa shape index (κ2) is 6.74. The van der Waals surface area contributed by atoms with Gasteiger partial charge in [-0.1, -0.05) is 30.0 Å². The predicted octanol–water partition coefficient (Wildman–Crippen LogP) is 2.73. The number of hydrogen-bond donors (Lipinski definition) is 2. The number of aliphatic hydroxyl groups is 1. The first-order valence-corrected chi connectivity index (χ1v) is 6.72. The van der Waals surface area contributed by atoms with E-state index in [1.165, 1.54) is 11.3 Å². The van der Waals surface area contributed by atoms with E-state index in [1.54, 1.807) is 11.4 Å². The molecule has 0 fully saturated rings. The van der Waals surface area contributed by atoms with Crippen molar-refractivity contribution < 1.29 is 9.90 Å². The van der Waals surface area contributed by atoms with Gasteiger partial charge in [-0.25, -0.2) is 0 Å². The fourth-order valence-electron chi connectivity index (χ4n) is 1.45. The average molecular weight is 271 g/mol. The number of rotatable bonds is 3. The zero-order chi connectivity index (χ0) is 13.5. The SMILES string of the molecule is O=C(Nc1ccccc1)c1csc(C#CCCO)c1. The maximum absolute atomic E-state index is 12.0. The Morgan fingerprint density at radius 3 is 2.84 bits per heavy atom. The number of benzene rings is 1. The van der Waals surface area contributed by atoms with Crippen LogP contribution in [-0.4, -0.2) is 17.6 Å². The van der Waals surface area contributed by atoms with Crippen LogP contribution in [0.3, 0.4) is 0 Å². The molecule has 0 aliphatic carbocycles. The number of nitrogens with one attached hydrogen (secondary N) is 1. The Labute approximate surface area is 115 Å². The van der Waals surface area contributed by atoms with Crippen LogP contribution in [0.25, 0.3) is 0 Å². The van der Waals surface area contributed by atoms with E-state index in [0.29, 0.717) is 12.0 Å². The highest BCUT2D eigenvalue weighted by molar-refractivity contribution is 7.10. The van der Waals surface area contributed by atoms with Gasteiger partial charge in [0.15, 0.2) is 0 Å². The molecule has 3 nitrogen and oxygen atoms in total. The Bertz CT molecular complexity index is 608. The molecule has 2 N–H and O–H groups in total. The summed E-state index contributed by atoms with van der Waals surface area (Å²) in [5.74, 6) is 5.60. The number of anilines is 1. The summed E-state index contributed by atoms with van der Waals surface area (Å²) in [5.41, 5.74) is 1.37. The van der Waals surface area contributed by atoms with Crippen molar-refractivity contribution in [2.75, 3.05) is 11.9 Å². The molecule has 4 heteroatoms. The van der Waals surface area contributed by atoms with Crippen LogP contribution in [0.1, 0.15) is 21.7 Å². The van der Waals surface area contributed by atoms with Crippen molar-refractivity contribution >= 4 is 22.9 Å². The summed E-state index contributed by atoms with van der Waals surface area (Å²) < 4.78 is 0. The molecule has 0 unspecified atom stereocenters. The Hall–Kier alpha value is -2.09. The maximum Gasteiger partial charge on any atom is 0.256 e. The summed E-state index contributed by atoms with van der Waals surface area (Å²) in [6, 6.07) is 11.1. The van der Waals surface area contributed by atoms with Crippen LogP contribution in [-0.2, 0) is 0 Å². The van der Waals surface area contributed by atoms with Crippen molar-refractivity contribution in [2.24, 2.45) is 0 Å². The van der Waals surface area contributed by atoms with Gasteiger partial charge in [-0.05, 0) is 18.2 Å². The molecule has 1 aromatic heterocycles. The lowest BCUT2D eigenvalue weighted by molar-refractivity contribution is 0.102. The molecule has 0 spiro atoms. The van der Waals surface area contributed by atoms with Gasteiger partial charge in [0.05, 0.1) is 17.0 Å². The van der Waals surface area contributed by atoms with Crippen LogP contribution in [0.15, 0.2) is 41.8 Å². The predicted molar refractivity (Wildman–Crippen MR) is 77.3 cm³/mol. The number of carbonyl (C=O) groups is 1. The average Bonchev–Trinajstić information content (AvgIpc) is 2.89.